The van der Waals surface area contributed by atoms with Gasteiger partial charge in [0.15, 0.2) is 5.69 Å². The molecule has 0 radical (unpaired) electrons. The summed E-state index contributed by atoms with van der Waals surface area (Å²) in [7, 11) is 0. The predicted molar refractivity (Wildman–Crippen MR) is 146 cm³/mol. The maximum Gasteiger partial charge on any atom is 0.387 e. The van der Waals surface area contributed by atoms with Gasteiger partial charge in [0.25, 0.3) is 0 Å². The van der Waals surface area contributed by atoms with Crippen LogP contribution in [0.25, 0.3) is 28.2 Å². The van der Waals surface area contributed by atoms with E-state index in [0.29, 0.717) is 17.2 Å². The Kier molecular flexibility index (Phi) is 6.91. The third-order valence-corrected chi connectivity index (χ3v) is 7.60. The Morgan fingerprint density at radius 1 is 1.18 bits per heavy atom. The van der Waals surface area contributed by atoms with E-state index in [4.69, 9.17) is 4.52 Å². The molecule has 4 aromatic rings. The van der Waals surface area contributed by atoms with Crippen molar-refractivity contribution in [2.45, 2.75) is 45.1 Å². The first-order valence-electron chi connectivity index (χ1n) is 13.3. The first-order valence-corrected chi connectivity index (χ1v) is 13.3. The van der Waals surface area contributed by atoms with Gasteiger partial charge in [-0.1, -0.05) is 17.3 Å². The lowest BCUT2D eigenvalue weighted by molar-refractivity contribution is -0.0489. The number of hydrogen-bond acceptors (Lipinski definition) is 7. The Morgan fingerprint density at radius 3 is 2.67 bits per heavy atom. The van der Waals surface area contributed by atoms with Crippen LogP contribution in [0.1, 0.15) is 59.1 Å². The lowest BCUT2D eigenvalue weighted by Crippen LogP contribution is -2.33. The number of nitrogens with zero attached hydrogens (tertiary/aromatic N) is 4. The summed E-state index contributed by atoms with van der Waals surface area (Å²) in [5.41, 5.74) is 4.55. The van der Waals surface area contributed by atoms with E-state index < -0.39 is 12.6 Å². The number of fused-ring (bicyclic) bond motifs is 1. The zero-order valence-corrected chi connectivity index (χ0v) is 21.9. The molecule has 0 bridgehead atoms. The normalized spacial score (nSPS) is 16.4. The molecule has 6 rings (SSSR count). The average molecular weight is 547 g/mol. The number of ether oxygens (including phenoxy) is 1. The highest BCUT2D eigenvalue weighted by Crippen LogP contribution is 2.45. The zero-order chi connectivity index (χ0) is 27.8. The van der Waals surface area contributed by atoms with E-state index >= 15 is 0 Å². The van der Waals surface area contributed by atoms with Crippen molar-refractivity contribution in [3.05, 3.63) is 71.4 Å². The maximum atomic E-state index is 13.0. The minimum absolute atomic E-state index is 0.197. The quantitative estimate of drug-likeness (QED) is 0.261. The highest BCUT2D eigenvalue weighted by Gasteiger charge is 2.32. The van der Waals surface area contributed by atoms with Crippen LogP contribution in [0.3, 0.4) is 0 Å². The number of piperidine rings is 1. The van der Waals surface area contributed by atoms with Crippen molar-refractivity contribution in [2.24, 2.45) is 5.92 Å². The van der Waals surface area contributed by atoms with Crippen molar-refractivity contribution in [3.8, 4) is 17.0 Å². The third-order valence-electron chi connectivity index (χ3n) is 7.60. The molecule has 1 aliphatic carbocycles. The summed E-state index contributed by atoms with van der Waals surface area (Å²) in [6.07, 6.45) is 10.2. The van der Waals surface area contributed by atoms with Gasteiger partial charge in [-0.2, -0.15) is 8.78 Å². The van der Waals surface area contributed by atoms with E-state index in [9.17, 15) is 18.7 Å². The Bertz CT molecular complexity index is 1590. The SMILES string of the molecule is Cc1ncccc1-c1noc(C2CC2)c1/C=C/C1CCN(c2ccc3nc(C(=O)O)cc(OC(F)F)c3c2)CC1. The van der Waals surface area contributed by atoms with Gasteiger partial charge in [-0.05, 0) is 68.9 Å². The number of pyridine rings is 2. The van der Waals surface area contributed by atoms with Crippen LogP contribution < -0.4 is 9.64 Å². The maximum absolute atomic E-state index is 13.0. The highest BCUT2D eigenvalue weighted by atomic mass is 19.3. The molecule has 8 nitrogen and oxygen atoms in total. The number of aromatic carboxylic acids is 1. The number of alkyl halides is 2. The van der Waals surface area contributed by atoms with E-state index in [1.807, 2.05) is 25.1 Å². The first-order chi connectivity index (χ1) is 19.4. The van der Waals surface area contributed by atoms with Gasteiger partial charge in [0.2, 0.25) is 0 Å². The number of carboxylic acid groups (broad SMARTS) is 1. The monoisotopic (exact) mass is 546 g/mol. The minimum Gasteiger partial charge on any atom is -0.477 e. The Balaban J connectivity index is 1.20. The smallest absolute Gasteiger partial charge is 0.387 e. The molecule has 0 amide bonds. The molecular weight excluding hydrogens is 518 g/mol. The second-order valence-electron chi connectivity index (χ2n) is 10.3. The van der Waals surface area contributed by atoms with Gasteiger partial charge in [-0.25, -0.2) is 9.78 Å². The summed E-state index contributed by atoms with van der Waals surface area (Å²) in [5.74, 6) is 0.228. The Morgan fingerprint density at radius 2 is 1.98 bits per heavy atom. The number of benzene rings is 1. The lowest BCUT2D eigenvalue weighted by atomic mass is 9.94. The minimum atomic E-state index is -3.08. The number of carbonyl (C=O) groups is 1. The van der Waals surface area contributed by atoms with Crippen LogP contribution in [-0.4, -0.2) is 45.9 Å². The number of hydrogen-bond donors (Lipinski definition) is 1. The molecule has 10 heteroatoms. The third kappa shape index (κ3) is 5.25. The van der Waals surface area contributed by atoms with Crippen molar-refractivity contribution in [1.82, 2.24) is 15.1 Å². The summed E-state index contributed by atoms with van der Waals surface area (Å²) in [6, 6.07) is 10.2. The number of aryl methyl sites for hydroxylation is 1. The highest BCUT2D eigenvalue weighted by molar-refractivity contribution is 5.94. The Hall–Kier alpha value is -4.34. The topological polar surface area (TPSA) is 102 Å². The molecule has 1 saturated heterocycles. The first kappa shape index (κ1) is 25.9. The van der Waals surface area contributed by atoms with E-state index in [0.717, 1.165) is 78.8 Å². The number of rotatable bonds is 8. The van der Waals surface area contributed by atoms with Crippen LogP contribution in [0.5, 0.6) is 5.75 Å². The van der Waals surface area contributed by atoms with E-state index in [-0.39, 0.29) is 17.0 Å². The fourth-order valence-corrected chi connectivity index (χ4v) is 5.30. The fourth-order valence-electron chi connectivity index (χ4n) is 5.30. The fraction of sp³-hybridized carbons (Fsp3) is 0.333. The Labute approximate surface area is 229 Å². The number of anilines is 1. The van der Waals surface area contributed by atoms with Gasteiger partial charge < -0.3 is 19.3 Å². The van der Waals surface area contributed by atoms with Crippen LogP contribution in [0, 0.1) is 12.8 Å². The summed E-state index contributed by atoms with van der Waals surface area (Å²) in [6.45, 7) is 0.451. The molecule has 0 spiro atoms. The predicted octanol–water partition coefficient (Wildman–Crippen LogP) is 6.70. The second kappa shape index (κ2) is 10.7. The van der Waals surface area contributed by atoms with Crippen LogP contribution in [0.2, 0.25) is 0 Å². The van der Waals surface area contributed by atoms with Crippen molar-refractivity contribution in [1.29, 1.82) is 0 Å². The van der Waals surface area contributed by atoms with Gasteiger partial charge in [-0.15, -0.1) is 0 Å². The molecule has 1 aliphatic heterocycles. The van der Waals surface area contributed by atoms with Crippen molar-refractivity contribution in [3.63, 3.8) is 0 Å². The largest absolute Gasteiger partial charge is 0.477 e. The molecule has 1 aromatic carbocycles. The number of halogens is 2. The summed E-state index contributed by atoms with van der Waals surface area (Å²) < 4.78 is 36.5. The average Bonchev–Trinajstić information content (AvgIpc) is 3.71. The molecule has 2 aliphatic rings. The lowest BCUT2D eigenvalue weighted by Gasteiger charge is -2.32. The number of carboxylic acids is 1. The van der Waals surface area contributed by atoms with Gasteiger partial charge in [0, 0.05) is 59.2 Å². The van der Waals surface area contributed by atoms with Gasteiger partial charge in [0.1, 0.15) is 17.2 Å². The van der Waals surface area contributed by atoms with E-state index in [1.54, 1.807) is 18.3 Å². The van der Waals surface area contributed by atoms with Crippen LogP contribution in [0.4, 0.5) is 14.5 Å². The second-order valence-corrected chi connectivity index (χ2v) is 10.3. The molecule has 1 saturated carbocycles. The van der Waals surface area contributed by atoms with Crippen molar-refractivity contribution in [2.75, 3.05) is 18.0 Å². The molecule has 3 aromatic heterocycles. The van der Waals surface area contributed by atoms with Crippen LogP contribution in [0.15, 0.2) is 53.2 Å². The van der Waals surface area contributed by atoms with E-state index in [1.165, 1.54) is 0 Å². The molecule has 0 unspecified atom stereocenters. The van der Waals surface area contributed by atoms with Crippen molar-refractivity contribution >= 4 is 28.6 Å². The summed E-state index contributed by atoms with van der Waals surface area (Å²) >= 11 is 0. The molecule has 0 atom stereocenters. The molecule has 40 heavy (non-hydrogen) atoms. The molecular formula is C30H28F2N4O4. The zero-order valence-electron chi connectivity index (χ0n) is 21.9. The van der Waals surface area contributed by atoms with Gasteiger partial charge in [-0.3, -0.25) is 4.98 Å². The van der Waals surface area contributed by atoms with Crippen LogP contribution in [-0.2, 0) is 0 Å². The number of allylic oxidation sites excluding steroid dienone is 1. The van der Waals surface area contributed by atoms with Gasteiger partial charge in [0.05, 0.1) is 5.52 Å². The number of aromatic nitrogens is 3. The summed E-state index contributed by atoms with van der Waals surface area (Å²) in [4.78, 5) is 22.1. The van der Waals surface area contributed by atoms with Crippen molar-refractivity contribution < 1.29 is 27.9 Å². The summed E-state index contributed by atoms with van der Waals surface area (Å²) in [5, 5.41) is 14.1. The molecule has 206 valence electrons. The van der Waals surface area contributed by atoms with Crippen LogP contribution >= 0.6 is 0 Å². The van der Waals surface area contributed by atoms with E-state index in [2.05, 4.69) is 36.9 Å². The molecule has 1 N–H and O–H groups in total. The molecule has 4 heterocycles. The standard InChI is InChI=1S/C30H28F2N4O4/c1-17-21(3-2-12-33-17)27-22(28(40-35-27)19-5-6-19)8-4-18-10-13-36(14-11-18)20-7-9-24-23(15-20)26(39-30(31)32)16-25(34-24)29(37)38/h2-4,7-9,12,15-16,18-19,30H,5-6,10-11,13-14H2,1H3,(H,37,38)/b8-4+. The van der Waals surface area contributed by atoms with Gasteiger partial charge >= 0.3 is 12.6 Å². The molecule has 2 fully saturated rings.